The summed E-state index contributed by atoms with van der Waals surface area (Å²) >= 11 is 0. The highest BCUT2D eigenvalue weighted by Crippen LogP contribution is 2.04. The van der Waals surface area contributed by atoms with E-state index in [2.05, 4.69) is 13.8 Å². The van der Waals surface area contributed by atoms with Crippen molar-refractivity contribution in [2.24, 2.45) is 5.92 Å². The summed E-state index contributed by atoms with van der Waals surface area (Å²) in [5.41, 5.74) is 0. The molecule has 0 fully saturated rings. The molecule has 0 aliphatic carbocycles. The standard InChI is InChI=1S/C6H12O2.C6H14O.C2H6O2/c1-3-5(2)4-6(7)8;1-3-5-7-6-4-2;3-1-2-4/h5H,3-4H2,1-2H3,(H,7,8);3-6H2,1-2H3;3-4H,1-2H2. The molecule has 5 nitrogen and oxygen atoms in total. The van der Waals surface area contributed by atoms with E-state index in [0.29, 0.717) is 12.3 Å². The fourth-order valence-corrected chi connectivity index (χ4v) is 0.833. The third-order valence-corrected chi connectivity index (χ3v) is 2.02. The molecule has 1 atom stereocenters. The molecule has 19 heavy (non-hydrogen) atoms. The highest BCUT2D eigenvalue weighted by Gasteiger charge is 2.02. The summed E-state index contributed by atoms with van der Waals surface area (Å²) in [6, 6.07) is 0. The quantitative estimate of drug-likeness (QED) is 0.594. The molecule has 0 aliphatic heterocycles. The molecule has 0 aromatic rings. The number of hydrogen-bond acceptors (Lipinski definition) is 4. The Labute approximate surface area is 117 Å². The molecule has 0 aromatic carbocycles. The van der Waals surface area contributed by atoms with Gasteiger partial charge in [0, 0.05) is 19.6 Å². The van der Waals surface area contributed by atoms with E-state index in [9.17, 15) is 4.79 Å². The molecule has 0 saturated carbocycles. The van der Waals surface area contributed by atoms with Crippen LogP contribution in [0.2, 0.25) is 0 Å². The Morgan fingerprint density at radius 1 is 1.05 bits per heavy atom. The first-order valence-electron chi connectivity index (χ1n) is 7.01. The first-order valence-corrected chi connectivity index (χ1v) is 7.01. The summed E-state index contributed by atoms with van der Waals surface area (Å²) in [4.78, 5) is 9.97. The second-order valence-electron chi connectivity index (χ2n) is 4.17. The van der Waals surface area contributed by atoms with Crippen molar-refractivity contribution in [1.29, 1.82) is 0 Å². The highest BCUT2D eigenvalue weighted by atomic mass is 16.5. The maximum absolute atomic E-state index is 9.97. The van der Waals surface area contributed by atoms with Gasteiger partial charge in [-0.2, -0.15) is 0 Å². The second-order valence-corrected chi connectivity index (χ2v) is 4.17. The van der Waals surface area contributed by atoms with Crippen LogP contribution in [0.4, 0.5) is 0 Å². The number of rotatable bonds is 8. The van der Waals surface area contributed by atoms with Crippen LogP contribution >= 0.6 is 0 Å². The zero-order chi connectivity index (χ0) is 15.5. The lowest BCUT2D eigenvalue weighted by atomic mass is 10.1. The van der Waals surface area contributed by atoms with E-state index in [1.807, 2.05) is 13.8 Å². The van der Waals surface area contributed by atoms with E-state index >= 15 is 0 Å². The zero-order valence-corrected chi connectivity index (χ0v) is 12.9. The van der Waals surface area contributed by atoms with E-state index in [1.54, 1.807) is 0 Å². The Morgan fingerprint density at radius 2 is 1.47 bits per heavy atom. The normalized spacial score (nSPS) is 10.6. The predicted octanol–water partition coefficient (Wildman–Crippen LogP) is 2.30. The smallest absolute Gasteiger partial charge is 0.303 e. The van der Waals surface area contributed by atoms with E-state index < -0.39 is 5.97 Å². The number of ether oxygens (including phenoxy) is 1. The summed E-state index contributed by atoms with van der Waals surface area (Å²) in [7, 11) is 0. The second kappa shape index (κ2) is 22.5. The summed E-state index contributed by atoms with van der Waals surface area (Å²) in [6.45, 7) is 9.77. The summed E-state index contributed by atoms with van der Waals surface area (Å²) in [6.07, 6.45) is 3.53. The zero-order valence-electron chi connectivity index (χ0n) is 12.9. The lowest BCUT2D eigenvalue weighted by Gasteiger charge is -2.00. The first-order chi connectivity index (χ1) is 8.99. The van der Waals surface area contributed by atoms with Gasteiger partial charge in [-0.1, -0.05) is 34.1 Å². The van der Waals surface area contributed by atoms with Gasteiger partial charge < -0.3 is 20.1 Å². The van der Waals surface area contributed by atoms with Crippen molar-refractivity contribution in [3.05, 3.63) is 0 Å². The fraction of sp³-hybridized carbons (Fsp3) is 0.929. The predicted molar refractivity (Wildman–Crippen MR) is 77.3 cm³/mol. The number of carboxylic acids is 1. The maximum Gasteiger partial charge on any atom is 0.303 e. The minimum absolute atomic E-state index is 0.125. The number of carboxylic acid groups (broad SMARTS) is 1. The Kier molecular flexibility index (Phi) is 27.8. The lowest BCUT2D eigenvalue weighted by Crippen LogP contribution is -2.02. The van der Waals surface area contributed by atoms with Gasteiger partial charge >= 0.3 is 5.97 Å². The molecule has 0 radical (unpaired) electrons. The molecule has 3 N–H and O–H groups in total. The molecule has 5 heteroatoms. The van der Waals surface area contributed by atoms with Crippen LogP contribution in [0.15, 0.2) is 0 Å². The maximum atomic E-state index is 9.97. The van der Waals surface area contributed by atoms with Crippen LogP contribution in [0.5, 0.6) is 0 Å². The number of aliphatic hydroxyl groups is 2. The molecule has 0 bridgehead atoms. The van der Waals surface area contributed by atoms with Gasteiger partial charge in [0.15, 0.2) is 0 Å². The minimum Gasteiger partial charge on any atom is -0.481 e. The van der Waals surface area contributed by atoms with Crippen molar-refractivity contribution < 1.29 is 24.9 Å². The molecule has 0 rings (SSSR count). The average Bonchev–Trinajstić information content (AvgIpc) is 2.39. The van der Waals surface area contributed by atoms with Crippen LogP contribution < -0.4 is 0 Å². The molecule has 0 heterocycles. The number of carbonyl (C=O) groups is 1. The Bertz CT molecular complexity index is 156. The number of hydrogen-bond donors (Lipinski definition) is 3. The van der Waals surface area contributed by atoms with Gasteiger partial charge in [0.05, 0.1) is 13.2 Å². The molecule has 118 valence electrons. The third-order valence-electron chi connectivity index (χ3n) is 2.02. The van der Waals surface area contributed by atoms with Gasteiger partial charge in [-0.15, -0.1) is 0 Å². The van der Waals surface area contributed by atoms with Crippen molar-refractivity contribution in [2.45, 2.75) is 53.4 Å². The average molecular weight is 280 g/mol. The van der Waals surface area contributed by atoms with E-state index in [-0.39, 0.29) is 13.2 Å². The van der Waals surface area contributed by atoms with Crippen molar-refractivity contribution in [3.63, 3.8) is 0 Å². The largest absolute Gasteiger partial charge is 0.481 e. The molecule has 0 amide bonds. The van der Waals surface area contributed by atoms with Gasteiger partial charge in [-0.05, 0) is 18.8 Å². The van der Waals surface area contributed by atoms with Crippen LogP contribution in [0, 0.1) is 5.92 Å². The lowest BCUT2D eigenvalue weighted by molar-refractivity contribution is -0.137. The monoisotopic (exact) mass is 280 g/mol. The first kappa shape index (κ1) is 23.4. The summed E-state index contributed by atoms with van der Waals surface area (Å²) in [5, 5.41) is 23.5. The molecule has 0 aromatic heterocycles. The van der Waals surface area contributed by atoms with Crippen LogP contribution in [-0.4, -0.2) is 47.7 Å². The van der Waals surface area contributed by atoms with Crippen molar-refractivity contribution in [3.8, 4) is 0 Å². The van der Waals surface area contributed by atoms with Gasteiger partial charge in [0.25, 0.3) is 0 Å². The molecule has 0 saturated heterocycles. The van der Waals surface area contributed by atoms with Gasteiger partial charge in [0.1, 0.15) is 0 Å². The Morgan fingerprint density at radius 3 is 1.63 bits per heavy atom. The topological polar surface area (TPSA) is 87.0 Å². The number of aliphatic carboxylic acids is 1. The molecule has 0 aliphatic rings. The van der Waals surface area contributed by atoms with Crippen LogP contribution in [0.1, 0.15) is 53.4 Å². The molecular weight excluding hydrogens is 248 g/mol. The van der Waals surface area contributed by atoms with Crippen LogP contribution in [-0.2, 0) is 9.53 Å². The van der Waals surface area contributed by atoms with Crippen molar-refractivity contribution in [2.75, 3.05) is 26.4 Å². The number of aliphatic hydroxyl groups excluding tert-OH is 2. The van der Waals surface area contributed by atoms with Crippen LogP contribution in [0.25, 0.3) is 0 Å². The Balaban J connectivity index is -0.000000214. The van der Waals surface area contributed by atoms with Gasteiger partial charge in [0.2, 0.25) is 0 Å². The fourth-order valence-electron chi connectivity index (χ4n) is 0.833. The molecular formula is C14H32O5. The van der Waals surface area contributed by atoms with Crippen molar-refractivity contribution in [1.82, 2.24) is 0 Å². The van der Waals surface area contributed by atoms with Crippen LogP contribution in [0.3, 0.4) is 0 Å². The van der Waals surface area contributed by atoms with Gasteiger partial charge in [-0.3, -0.25) is 4.79 Å². The third kappa shape index (κ3) is 38.2. The van der Waals surface area contributed by atoms with Crippen molar-refractivity contribution >= 4 is 5.97 Å². The molecule has 0 spiro atoms. The van der Waals surface area contributed by atoms with E-state index in [1.165, 1.54) is 0 Å². The highest BCUT2D eigenvalue weighted by molar-refractivity contribution is 5.66. The SMILES string of the molecule is CCC(C)CC(=O)O.CCCOCCC.OCCO. The minimum atomic E-state index is -0.695. The van der Waals surface area contributed by atoms with E-state index in [4.69, 9.17) is 20.1 Å². The molecule has 1 unspecified atom stereocenters. The summed E-state index contributed by atoms with van der Waals surface area (Å²) < 4.78 is 5.13. The summed E-state index contributed by atoms with van der Waals surface area (Å²) in [5.74, 6) is -0.369. The van der Waals surface area contributed by atoms with E-state index in [0.717, 1.165) is 32.5 Å². The van der Waals surface area contributed by atoms with Gasteiger partial charge in [-0.25, -0.2) is 0 Å². The Hall–Kier alpha value is -0.650.